The van der Waals surface area contributed by atoms with Gasteiger partial charge >= 0.3 is 0 Å². The zero-order valence-electron chi connectivity index (χ0n) is 13.5. The molecule has 0 radical (unpaired) electrons. The Morgan fingerprint density at radius 3 is 2.52 bits per heavy atom. The number of nitrogens with zero attached hydrogens (tertiary/aromatic N) is 2. The lowest BCUT2D eigenvalue weighted by Gasteiger charge is -2.11. The van der Waals surface area contributed by atoms with E-state index in [0.717, 1.165) is 23.4 Å². The maximum atomic E-state index is 11.9. The molecule has 2 aromatic carbocycles. The minimum atomic E-state index is -0.0260. The summed E-state index contributed by atoms with van der Waals surface area (Å²) in [5, 5.41) is 2.96. The fourth-order valence-corrected chi connectivity index (χ4v) is 2.57. The second kappa shape index (κ2) is 6.65. The van der Waals surface area contributed by atoms with Gasteiger partial charge in [0, 0.05) is 12.5 Å². The quantitative estimate of drug-likeness (QED) is 0.785. The number of fused-ring (bicyclic) bond motifs is 1. The van der Waals surface area contributed by atoms with E-state index in [2.05, 4.69) is 33.1 Å². The lowest BCUT2D eigenvalue weighted by Crippen LogP contribution is -2.28. The van der Waals surface area contributed by atoms with Crippen molar-refractivity contribution in [2.75, 3.05) is 0 Å². The second-order valence-electron chi connectivity index (χ2n) is 5.96. The maximum absolute atomic E-state index is 11.9. The fourth-order valence-electron chi connectivity index (χ4n) is 2.57. The van der Waals surface area contributed by atoms with Gasteiger partial charge < -0.3 is 9.88 Å². The zero-order valence-corrected chi connectivity index (χ0v) is 13.5. The third-order valence-electron chi connectivity index (χ3n) is 3.86. The van der Waals surface area contributed by atoms with E-state index in [-0.39, 0.29) is 11.8 Å². The van der Waals surface area contributed by atoms with E-state index in [1.54, 1.807) is 0 Å². The summed E-state index contributed by atoms with van der Waals surface area (Å²) in [6, 6.07) is 18.4. The highest BCUT2D eigenvalue weighted by Gasteiger charge is 2.13. The van der Waals surface area contributed by atoms with Gasteiger partial charge in [-0.05, 0) is 17.7 Å². The molecule has 4 heteroatoms. The number of imidazole rings is 1. The topological polar surface area (TPSA) is 46.9 Å². The van der Waals surface area contributed by atoms with Crippen molar-refractivity contribution in [2.24, 2.45) is 5.92 Å². The van der Waals surface area contributed by atoms with E-state index < -0.39 is 0 Å². The van der Waals surface area contributed by atoms with Crippen LogP contribution in [-0.4, -0.2) is 15.5 Å². The van der Waals surface area contributed by atoms with Crippen molar-refractivity contribution in [3.05, 3.63) is 66.0 Å². The van der Waals surface area contributed by atoms with E-state index in [4.69, 9.17) is 0 Å². The molecule has 23 heavy (non-hydrogen) atoms. The van der Waals surface area contributed by atoms with Crippen molar-refractivity contribution in [2.45, 2.75) is 26.9 Å². The summed E-state index contributed by atoms with van der Waals surface area (Å²) in [6.07, 6.45) is 0. The van der Waals surface area contributed by atoms with E-state index in [1.165, 1.54) is 5.56 Å². The number of benzene rings is 2. The Hall–Kier alpha value is -2.62. The Morgan fingerprint density at radius 1 is 1.09 bits per heavy atom. The van der Waals surface area contributed by atoms with E-state index in [1.807, 2.05) is 50.2 Å². The minimum Gasteiger partial charge on any atom is -0.349 e. The molecule has 3 rings (SSSR count). The molecular formula is C19H21N3O. The zero-order chi connectivity index (χ0) is 16.2. The van der Waals surface area contributed by atoms with E-state index >= 15 is 0 Å². The molecule has 0 saturated heterocycles. The fraction of sp³-hybridized carbons (Fsp3) is 0.263. The predicted octanol–water partition coefficient (Wildman–Crippen LogP) is 3.36. The van der Waals surface area contributed by atoms with Crippen LogP contribution in [0, 0.1) is 5.92 Å². The SMILES string of the molecule is CC(C)C(=O)NCc1nc2ccccc2n1Cc1ccccc1. The first-order valence-corrected chi connectivity index (χ1v) is 7.91. The highest BCUT2D eigenvalue weighted by Crippen LogP contribution is 2.18. The summed E-state index contributed by atoms with van der Waals surface area (Å²) in [6.45, 7) is 4.97. The summed E-state index contributed by atoms with van der Waals surface area (Å²) >= 11 is 0. The van der Waals surface area contributed by atoms with Crippen molar-refractivity contribution in [1.29, 1.82) is 0 Å². The molecule has 1 aromatic heterocycles. The minimum absolute atomic E-state index is 0.0260. The first-order chi connectivity index (χ1) is 11.1. The van der Waals surface area contributed by atoms with E-state index in [0.29, 0.717) is 6.54 Å². The molecule has 118 valence electrons. The van der Waals surface area contributed by atoms with Crippen LogP contribution in [0.15, 0.2) is 54.6 Å². The number of carbonyl (C=O) groups excluding carboxylic acids is 1. The number of para-hydroxylation sites is 2. The summed E-state index contributed by atoms with van der Waals surface area (Å²) < 4.78 is 2.17. The van der Waals surface area contributed by atoms with Crippen LogP contribution in [0.1, 0.15) is 25.2 Å². The average molecular weight is 307 g/mol. The van der Waals surface area contributed by atoms with Crippen molar-refractivity contribution in [1.82, 2.24) is 14.9 Å². The van der Waals surface area contributed by atoms with Crippen LogP contribution in [0.3, 0.4) is 0 Å². The van der Waals surface area contributed by atoms with Crippen molar-refractivity contribution in [3.63, 3.8) is 0 Å². The third kappa shape index (κ3) is 3.42. The molecule has 0 fully saturated rings. The lowest BCUT2D eigenvalue weighted by atomic mass is 10.2. The summed E-state index contributed by atoms with van der Waals surface area (Å²) in [5.74, 6) is 0.898. The number of hydrogen-bond donors (Lipinski definition) is 1. The monoisotopic (exact) mass is 307 g/mol. The van der Waals surface area contributed by atoms with Crippen LogP contribution >= 0.6 is 0 Å². The molecule has 0 aliphatic heterocycles. The van der Waals surface area contributed by atoms with Gasteiger partial charge in [-0.1, -0.05) is 56.3 Å². The molecule has 0 spiro atoms. The molecule has 1 amide bonds. The van der Waals surface area contributed by atoms with Crippen LogP contribution in [0.25, 0.3) is 11.0 Å². The predicted molar refractivity (Wildman–Crippen MR) is 92.0 cm³/mol. The van der Waals surface area contributed by atoms with Gasteiger partial charge in [-0.25, -0.2) is 4.98 Å². The standard InChI is InChI=1S/C19H21N3O/c1-14(2)19(23)20-12-18-21-16-10-6-7-11-17(16)22(18)13-15-8-4-3-5-9-15/h3-11,14H,12-13H2,1-2H3,(H,20,23). The van der Waals surface area contributed by atoms with Gasteiger partial charge in [-0.15, -0.1) is 0 Å². The number of rotatable bonds is 5. The number of amides is 1. The number of aromatic nitrogens is 2. The van der Waals surface area contributed by atoms with Crippen molar-refractivity contribution >= 4 is 16.9 Å². The summed E-state index contributed by atoms with van der Waals surface area (Å²) in [7, 11) is 0. The Balaban J connectivity index is 1.93. The van der Waals surface area contributed by atoms with Gasteiger partial charge in [0.25, 0.3) is 0 Å². The number of nitrogens with one attached hydrogen (secondary N) is 1. The lowest BCUT2D eigenvalue weighted by molar-refractivity contribution is -0.124. The molecule has 4 nitrogen and oxygen atoms in total. The van der Waals surface area contributed by atoms with Crippen LogP contribution < -0.4 is 5.32 Å². The molecule has 1 heterocycles. The van der Waals surface area contributed by atoms with Crippen LogP contribution in [0.2, 0.25) is 0 Å². The molecule has 3 aromatic rings. The molecule has 0 aliphatic rings. The molecule has 0 unspecified atom stereocenters. The van der Waals surface area contributed by atoms with Crippen LogP contribution in [0.5, 0.6) is 0 Å². The highest BCUT2D eigenvalue weighted by atomic mass is 16.1. The highest BCUT2D eigenvalue weighted by molar-refractivity contribution is 5.78. The normalized spacial score (nSPS) is 11.1. The Bertz CT molecular complexity index is 806. The van der Waals surface area contributed by atoms with Crippen LogP contribution in [0.4, 0.5) is 0 Å². The number of carbonyl (C=O) groups is 1. The number of hydrogen-bond acceptors (Lipinski definition) is 2. The summed E-state index contributed by atoms with van der Waals surface area (Å²) in [4.78, 5) is 16.5. The largest absolute Gasteiger partial charge is 0.349 e. The Kier molecular flexibility index (Phi) is 4.42. The van der Waals surface area contributed by atoms with Gasteiger partial charge in [-0.3, -0.25) is 4.79 Å². The van der Waals surface area contributed by atoms with Crippen LogP contribution in [-0.2, 0) is 17.9 Å². The second-order valence-corrected chi connectivity index (χ2v) is 5.96. The molecule has 0 bridgehead atoms. The third-order valence-corrected chi connectivity index (χ3v) is 3.86. The molecule has 1 N–H and O–H groups in total. The first-order valence-electron chi connectivity index (χ1n) is 7.91. The van der Waals surface area contributed by atoms with Gasteiger partial charge in [-0.2, -0.15) is 0 Å². The molecule has 0 saturated carbocycles. The van der Waals surface area contributed by atoms with E-state index in [9.17, 15) is 4.79 Å². The van der Waals surface area contributed by atoms with Crippen molar-refractivity contribution in [3.8, 4) is 0 Å². The maximum Gasteiger partial charge on any atom is 0.222 e. The Morgan fingerprint density at radius 2 is 1.78 bits per heavy atom. The molecule has 0 aliphatic carbocycles. The van der Waals surface area contributed by atoms with Gasteiger partial charge in [0.05, 0.1) is 17.6 Å². The molecule has 0 atom stereocenters. The Labute approximate surface area is 136 Å². The first kappa shape index (κ1) is 15.3. The average Bonchev–Trinajstić information content (AvgIpc) is 2.91. The van der Waals surface area contributed by atoms with Crippen molar-refractivity contribution < 1.29 is 4.79 Å². The molecular weight excluding hydrogens is 286 g/mol. The van der Waals surface area contributed by atoms with Gasteiger partial charge in [0.2, 0.25) is 5.91 Å². The van der Waals surface area contributed by atoms with Gasteiger partial charge in [0.15, 0.2) is 0 Å². The smallest absolute Gasteiger partial charge is 0.222 e. The summed E-state index contributed by atoms with van der Waals surface area (Å²) in [5.41, 5.74) is 3.26. The van der Waals surface area contributed by atoms with Gasteiger partial charge in [0.1, 0.15) is 5.82 Å².